The maximum atomic E-state index is 11.7. The van der Waals surface area contributed by atoms with E-state index < -0.39 is 21.9 Å². The SMILES string of the molecule is CCS(=O)(=O)c1ccc(N2CCOC(C(=O)O)C2)cc1. The highest BCUT2D eigenvalue weighted by Crippen LogP contribution is 2.21. The van der Waals surface area contributed by atoms with Crippen molar-refractivity contribution in [3.63, 3.8) is 0 Å². The molecule has 2 rings (SSSR count). The van der Waals surface area contributed by atoms with Crippen LogP contribution in [0.4, 0.5) is 5.69 Å². The third-order valence-corrected chi connectivity index (χ3v) is 5.03. The van der Waals surface area contributed by atoms with Gasteiger partial charge in [0.1, 0.15) is 0 Å². The van der Waals surface area contributed by atoms with E-state index in [-0.39, 0.29) is 17.2 Å². The van der Waals surface area contributed by atoms with Gasteiger partial charge in [0.05, 0.1) is 23.8 Å². The molecule has 0 saturated carbocycles. The zero-order valence-electron chi connectivity index (χ0n) is 11.2. The fourth-order valence-corrected chi connectivity index (χ4v) is 2.95. The summed E-state index contributed by atoms with van der Waals surface area (Å²) in [5.41, 5.74) is 0.801. The van der Waals surface area contributed by atoms with Crippen molar-refractivity contribution >= 4 is 21.5 Å². The normalized spacial score (nSPS) is 19.9. The Morgan fingerprint density at radius 2 is 2.05 bits per heavy atom. The number of carbonyl (C=O) groups is 1. The van der Waals surface area contributed by atoms with E-state index in [1.807, 2.05) is 4.90 Å². The van der Waals surface area contributed by atoms with Gasteiger partial charge in [-0.25, -0.2) is 13.2 Å². The van der Waals surface area contributed by atoms with Gasteiger partial charge in [-0.3, -0.25) is 0 Å². The molecule has 1 unspecified atom stereocenters. The Hall–Kier alpha value is -1.60. The lowest BCUT2D eigenvalue weighted by Gasteiger charge is -2.32. The Bertz CT molecular complexity index is 581. The molecule has 1 aliphatic rings. The fourth-order valence-electron chi connectivity index (χ4n) is 2.06. The van der Waals surface area contributed by atoms with Crippen LogP contribution in [-0.2, 0) is 19.4 Å². The highest BCUT2D eigenvalue weighted by Gasteiger charge is 2.26. The number of morpholine rings is 1. The van der Waals surface area contributed by atoms with Crippen molar-refractivity contribution in [2.24, 2.45) is 0 Å². The molecule has 1 aliphatic heterocycles. The van der Waals surface area contributed by atoms with Gasteiger partial charge in [0.25, 0.3) is 0 Å². The predicted molar refractivity (Wildman–Crippen MR) is 73.8 cm³/mol. The maximum Gasteiger partial charge on any atom is 0.334 e. The van der Waals surface area contributed by atoms with E-state index in [9.17, 15) is 13.2 Å². The van der Waals surface area contributed by atoms with Crippen LogP contribution >= 0.6 is 0 Å². The summed E-state index contributed by atoms with van der Waals surface area (Å²) in [6.45, 7) is 2.79. The monoisotopic (exact) mass is 299 g/mol. The second kappa shape index (κ2) is 5.80. The van der Waals surface area contributed by atoms with Gasteiger partial charge in [-0.05, 0) is 24.3 Å². The number of benzene rings is 1. The largest absolute Gasteiger partial charge is 0.479 e. The first-order chi connectivity index (χ1) is 9.44. The van der Waals surface area contributed by atoms with Crippen molar-refractivity contribution in [3.05, 3.63) is 24.3 Å². The zero-order chi connectivity index (χ0) is 14.8. The molecule has 1 aromatic carbocycles. The second-order valence-electron chi connectivity index (χ2n) is 4.54. The van der Waals surface area contributed by atoms with Crippen molar-refractivity contribution < 1.29 is 23.1 Å². The van der Waals surface area contributed by atoms with E-state index in [4.69, 9.17) is 9.84 Å². The Morgan fingerprint density at radius 1 is 1.40 bits per heavy atom. The van der Waals surface area contributed by atoms with E-state index in [1.165, 1.54) is 0 Å². The molecular weight excluding hydrogens is 282 g/mol. The third-order valence-electron chi connectivity index (χ3n) is 3.28. The average Bonchev–Trinajstić information content (AvgIpc) is 2.47. The van der Waals surface area contributed by atoms with Crippen molar-refractivity contribution in [3.8, 4) is 0 Å². The number of ether oxygens (including phenoxy) is 1. The predicted octanol–water partition coefficient (Wildman–Crippen LogP) is 0.770. The molecule has 1 N–H and O–H groups in total. The molecule has 1 saturated heterocycles. The number of hydrogen-bond acceptors (Lipinski definition) is 5. The molecule has 0 amide bonds. The number of carboxylic acid groups (broad SMARTS) is 1. The number of aliphatic carboxylic acids is 1. The highest BCUT2D eigenvalue weighted by atomic mass is 32.2. The van der Waals surface area contributed by atoms with E-state index >= 15 is 0 Å². The average molecular weight is 299 g/mol. The Kier molecular flexibility index (Phi) is 4.29. The number of hydrogen-bond donors (Lipinski definition) is 1. The molecule has 1 atom stereocenters. The fraction of sp³-hybridized carbons (Fsp3) is 0.462. The van der Waals surface area contributed by atoms with Gasteiger partial charge in [0, 0.05) is 12.2 Å². The van der Waals surface area contributed by atoms with Crippen molar-refractivity contribution in [2.75, 3.05) is 30.3 Å². The second-order valence-corrected chi connectivity index (χ2v) is 6.82. The van der Waals surface area contributed by atoms with Crippen LogP contribution in [0.1, 0.15) is 6.92 Å². The summed E-state index contributed by atoms with van der Waals surface area (Å²) in [6, 6.07) is 6.51. The maximum absolute atomic E-state index is 11.7. The number of rotatable bonds is 4. The number of sulfone groups is 1. The van der Waals surface area contributed by atoms with Crippen molar-refractivity contribution in [2.45, 2.75) is 17.9 Å². The number of anilines is 1. The van der Waals surface area contributed by atoms with Gasteiger partial charge in [-0.1, -0.05) is 6.92 Å². The topological polar surface area (TPSA) is 83.9 Å². The molecule has 0 aromatic heterocycles. The molecule has 7 heteroatoms. The van der Waals surface area contributed by atoms with Gasteiger partial charge in [0.2, 0.25) is 0 Å². The van der Waals surface area contributed by atoms with Crippen LogP contribution in [0.25, 0.3) is 0 Å². The first kappa shape index (κ1) is 14.8. The smallest absolute Gasteiger partial charge is 0.334 e. The molecule has 20 heavy (non-hydrogen) atoms. The first-order valence-corrected chi connectivity index (χ1v) is 8.01. The van der Waals surface area contributed by atoms with Gasteiger partial charge in [-0.15, -0.1) is 0 Å². The standard InChI is InChI=1S/C13H17NO5S/c1-2-20(17,18)11-5-3-10(4-6-11)14-7-8-19-12(9-14)13(15)16/h3-6,12H,2,7-9H2,1H3,(H,15,16). The molecule has 0 aliphatic carbocycles. The lowest BCUT2D eigenvalue weighted by molar-refractivity contribution is -0.150. The van der Waals surface area contributed by atoms with E-state index in [0.29, 0.717) is 13.2 Å². The molecule has 1 heterocycles. The number of carboxylic acids is 1. The molecule has 1 fully saturated rings. The van der Waals surface area contributed by atoms with Crippen LogP contribution in [0, 0.1) is 0 Å². The first-order valence-electron chi connectivity index (χ1n) is 6.36. The third kappa shape index (κ3) is 3.10. The molecule has 1 aromatic rings. The highest BCUT2D eigenvalue weighted by molar-refractivity contribution is 7.91. The molecule has 0 radical (unpaired) electrons. The van der Waals surface area contributed by atoms with Crippen LogP contribution in [0.5, 0.6) is 0 Å². The van der Waals surface area contributed by atoms with Crippen LogP contribution < -0.4 is 4.90 Å². The van der Waals surface area contributed by atoms with Gasteiger partial charge in [-0.2, -0.15) is 0 Å². The molecule has 0 bridgehead atoms. The minimum absolute atomic E-state index is 0.0605. The van der Waals surface area contributed by atoms with Gasteiger partial charge < -0.3 is 14.7 Å². The Labute approximate surface area is 117 Å². The molecule has 6 nitrogen and oxygen atoms in total. The quantitative estimate of drug-likeness (QED) is 0.884. The van der Waals surface area contributed by atoms with Gasteiger partial charge in [0.15, 0.2) is 15.9 Å². The zero-order valence-corrected chi connectivity index (χ0v) is 12.0. The summed E-state index contributed by atoms with van der Waals surface area (Å²) < 4.78 is 28.6. The Morgan fingerprint density at radius 3 is 2.60 bits per heavy atom. The van der Waals surface area contributed by atoms with Crippen molar-refractivity contribution in [1.82, 2.24) is 0 Å². The molecule has 0 spiro atoms. The van der Waals surface area contributed by atoms with E-state index in [2.05, 4.69) is 0 Å². The summed E-state index contributed by atoms with van der Waals surface area (Å²) in [5.74, 6) is -0.926. The van der Waals surface area contributed by atoms with Crippen LogP contribution in [-0.4, -0.2) is 51.0 Å². The minimum Gasteiger partial charge on any atom is -0.479 e. The van der Waals surface area contributed by atoms with Crippen LogP contribution in [0.15, 0.2) is 29.2 Å². The summed E-state index contributed by atoms with van der Waals surface area (Å²) in [5, 5.41) is 8.95. The van der Waals surface area contributed by atoms with E-state index in [0.717, 1.165) is 5.69 Å². The minimum atomic E-state index is -3.21. The lowest BCUT2D eigenvalue weighted by atomic mass is 10.2. The lowest BCUT2D eigenvalue weighted by Crippen LogP contribution is -2.46. The van der Waals surface area contributed by atoms with E-state index in [1.54, 1.807) is 31.2 Å². The summed E-state index contributed by atoms with van der Waals surface area (Å²) in [4.78, 5) is 13.1. The van der Waals surface area contributed by atoms with Gasteiger partial charge >= 0.3 is 5.97 Å². The Balaban J connectivity index is 2.16. The summed E-state index contributed by atoms with van der Waals surface area (Å²) in [7, 11) is -3.21. The van der Waals surface area contributed by atoms with Crippen LogP contribution in [0.3, 0.4) is 0 Å². The molecular formula is C13H17NO5S. The van der Waals surface area contributed by atoms with Crippen molar-refractivity contribution in [1.29, 1.82) is 0 Å². The summed E-state index contributed by atoms with van der Waals surface area (Å²) in [6.07, 6.45) is -0.845. The number of nitrogens with zero attached hydrogens (tertiary/aromatic N) is 1. The summed E-state index contributed by atoms with van der Waals surface area (Å²) >= 11 is 0. The van der Waals surface area contributed by atoms with Crippen LogP contribution in [0.2, 0.25) is 0 Å². The molecule has 110 valence electrons.